The molecule has 0 N–H and O–H groups in total. The molecule has 0 fully saturated rings. The highest BCUT2D eigenvalue weighted by Crippen LogP contribution is 2.54. The Bertz CT molecular complexity index is 3890. The van der Waals surface area contributed by atoms with E-state index in [0.717, 1.165) is 134 Å². The molecule has 14 rings (SSSR count). The predicted octanol–water partition coefficient (Wildman–Crippen LogP) is 20.8. The zero-order valence-corrected chi connectivity index (χ0v) is 41.4. The molecule has 358 valence electrons. The average Bonchev–Trinajstić information content (AvgIpc) is 4.18. The first kappa shape index (κ1) is 44.5. The first-order chi connectivity index (χ1) is 37.7. The molecule has 0 aliphatic rings. The van der Waals surface area contributed by atoms with Crippen LogP contribution >= 0.6 is 0 Å². The van der Waals surface area contributed by atoms with Gasteiger partial charge in [0.2, 0.25) is 0 Å². The van der Waals surface area contributed by atoms with Crippen LogP contribution in [0.4, 0.5) is 34.1 Å². The van der Waals surface area contributed by atoms with E-state index in [1.807, 2.05) is 12.1 Å². The molecule has 0 spiro atoms. The van der Waals surface area contributed by atoms with E-state index in [9.17, 15) is 0 Å². The molecule has 14 aromatic rings. The molecular formula is C72H48N2O2. The molecule has 76 heavy (non-hydrogen) atoms. The predicted molar refractivity (Wildman–Crippen MR) is 318 cm³/mol. The van der Waals surface area contributed by atoms with Crippen molar-refractivity contribution in [1.82, 2.24) is 0 Å². The maximum Gasteiger partial charge on any atom is 0.137 e. The van der Waals surface area contributed by atoms with Gasteiger partial charge in [-0.15, -0.1) is 0 Å². The van der Waals surface area contributed by atoms with Gasteiger partial charge in [0, 0.05) is 44.6 Å². The Morgan fingerprint density at radius 1 is 0.197 bits per heavy atom. The summed E-state index contributed by atoms with van der Waals surface area (Å²) in [6.45, 7) is 0. The summed E-state index contributed by atoms with van der Waals surface area (Å²) in [5.74, 6) is 0. The second-order valence-electron chi connectivity index (χ2n) is 19.2. The van der Waals surface area contributed by atoms with Gasteiger partial charge < -0.3 is 18.6 Å². The van der Waals surface area contributed by atoms with E-state index in [2.05, 4.69) is 289 Å². The SMILES string of the molecule is c1ccc(-c2ccc(N(c3ccc(-c4ccccc4)cc3)c3c(-c4ccc5oc6ccccc6c5c4N(c4ccc(-c5ccccc5)cc4)c4ccc(-c5ccccc5)cc4)ccc4oc5ccccc5c34)cc2)cc1. The quantitative estimate of drug-likeness (QED) is 0.129. The van der Waals surface area contributed by atoms with Crippen LogP contribution in [-0.4, -0.2) is 0 Å². The van der Waals surface area contributed by atoms with Crippen LogP contribution < -0.4 is 9.80 Å². The fourth-order valence-corrected chi connectivity index (χ4v) is 11.0. The zero-order valence-electron chi connectivity index (χ0n) is 41.4. The van der Waals surface area contributed by atoms with Gasteiger partial charge in [0.25, 0.3) is 0 Å². The molecule has 0 saturated carbocycles. The van der Waals surface area contributed by atoms with Crippen LogP contribution in [0.15, 0.2) is 300 Å². The summed E-state index contributed by atoms with van der Waals surface area (Å²) in [5, 5.41) is 4.09. The standard InChI is InChI=1S/C72H48N2O2/c1-5-17-49(18-6-1)53-29-37-57(38-30-53)73(58-39-31-54(32-40-58)50-19-7-2-8-20-50)71-61(45-47-67-69(71)63-25-13-15-27-65(63)75-67)62-46-48-68-70(64-26-14-16-28-66(64)76-68)72(62)74(59-41-33-55(34-42-59)51-21-9-3-10-22-51)60-43-35-56(36-44-60)52-23-11-4-12-24-52/h1-48H. The zero-order chi connectivity index (χ0) is 50.4. The number of fused-ring (bicyclic) bond motifs is 6. The van der Waals surface area contributed by atoms with E-state index in [-0.39, 0.29) is 0 Å². The van der Waals surface area contributed by atoms with Crippen LogP contribution in [0.1, 0.15) is 0 Å². The van der Waals surface area contributed by atoms with Gasteiger partial charge in [0.1, 0.15) is 22.3 Å². The molecule has 0 unspecified atom stereocenters. The topological polar surface area (TPSA) is 32.8 Å². The number of anilines is 6. The summed E-state index contributed by atoms with van der Waals surface area (Å²) >= 11 is 0. The first-order valence-electron chi connectivity index (χ1n) is 25.8. The highest BCUT2D eigenvalue weighted by Gasteiger charge is 2.29. The van der Waals surface area contributed by atoms with Crippen molar-refractivity contribution in [1.29, 1.82) is 0 Å². The molecule has 0 saturated heterocycles. The summed E-state index contributed by atoms with van der Waals surface area (Å²) in [7, 11) is 0. The van der Waals surface area contributed by atoms with Gasteiger partial charge in [-0.2, -0.15) is 0 Å². The van der Waals surface area contributed by atoms with E-state index in [0.29, 0.717) is 0 Å². The second-order valence-corrected chi connectivity index (χ2v) is 19.2. The van der Waals surface area contributed by atoms with E-state index >= 15 is 0 Å². The molecule has 4 heteroatoms. The molecule has 0 bridgehead atoms. The van der Waals surface area contributed by atoms with E-state index in [1.54, 1.807) is 0 Å². The molecule has 0 atom stereocenters. The fraction of sp³-hybridized carbons (Fsp3) is 0. The largest absolute Gasteiger partial charge is 0.456 e. The van der Waals surface area contributed by atoms with Crippen molar-refractivity contribution in [2.24, 2.45) is 0 Å². The van der Waals surface area contributed by atoms with Crippen LogP contribution in [-0.2, 0) is 0 Å². The van der Waals surface area contributed by atoms with Crippen molar-refractivity contribution in [3.8, 4) is 55.6 Å². The van der Waals surface area contributed by atoms with Crippen LogP contribution in [0.25, 0.3) is 99.5 Å². The summed E-state index contributed by atoms with van der Waals surface area (Å²) in [4.78, 5) is 4.86. The Labute approximate surface area is 441 Å². The van der Waals surface area contributed by atoms with E-state index in [4.69, 9.17) is 8.83 Å². The van der Waals surface area contributed by atoms with Crippen LogP contribution in [0.5, 0.6) is 0 Å². The number of benzene rings is 12. The Hall–Kier alpha value is -10.2. The molecule has 0 radical (unpaired) electrons. The lowest BCUT2D eigenvalue weighted by Crippen LogP contribution is -2.14. The third-order valence-corrected chi connectivity index (χ3v) is 14.7. The van der Waals surface area contributed by atoms with Crippen molar-refractivity contribution < 1.29 is 8.83 Å². The van der Waals surface area contributed by atoms with Gasteiger partial charge in [0.05, 0.1) is 22.1 Å². The van der Waals surface area contributed by atoms with Crippen molar-refractivity contribution in [3.63, 3.8) is 0 Å². The Kier molecular flexibility index (Phi) is 11.2. The minimum Gasteiger partial charge on any atom is -0.456 e. The van der Waals surface area contributed by atoms with Crippen molar-refractivity contribution in [3.05, 3.63) is 291 Å². The second kappa shape index (κ2) is 19.0. The number of hydrogen-bond donors (Lipinski definition) is 0. The number of rotatable bonds is 11. The number of nitrogens with zero attached hydrogens (tertiary/aromatic N) is 2. The molecule has 4 nitrogen and oxygen atoms in total. The minimum absolute atomic E-state index is 0.799. The maximum absolute atomic E-state index is 6.83. The molecule has 12 aromatic carbocycles. The third kappa shape index (κ3) is 7.97. The lowest BCUT2D eigenvalue weighted by Gasteiger charge is -2.32. The molecule has 0 aliphatic heterocycles. The number of hydrogen-bond acceptors (Lipinski definition) is 4. The van der Waals surface area contributed by atoms with Gasteiger partial charge in [-0.1, -0.05) is 206 Å². The van der Waals surface area contributed by atoms with Gasteiger partial charge in [-0.3, -0.25) is 0 Å². The van der Waals surface area contributed by atoms with Crippen LogP contribution in [0, 0.1) is 0 Å². The normalized spacial score (nSPS) is 11.4. The highest BCUT2D eigenvalue weighted by molar-refractivity contribution is 6.22. The van der Waals surface area contributed by atoms with Crippen molar-refractivity contribution >= 4 is 78.0 Å². The summed E-state index contributed by atoms with van der Waals surface area (Å²) in [6, 6.07) is 104. The van der Waals surface area contributed by atoms with Gasteiger partial charge in [-0.25, -0.2) is 0 Å². The number of para-hydroxylation sites is 2. The minimum atomic E-state index is 0.799. The molecule has 0 aliphatic carbocycles. The van der Waals surface area contributed by atoms with E-state index < -0.39 is 0 Å². The summed E-state index contributed by atoms with van der Waals surface area (Å²) in [5.41, 5.74) is 20.5. The lowest BCUT2D eigenvalue weighted by atomic mass is 9.93. The van der Waals surface area contributed by atoms with Gasteiger partial charge in [0.15, 0.2) is 0 Å². The third-order valence-electron chi connectivity index (χ3n) is 14.7. The fourth-order valence-electron chi connectivity index (χ4n) is 11.0. The van der Waals surface area contributed by atoms with Crippen LogP contribution in [0.3, 0.4) is 0 Å². The Balaban J connectivity index is 1.07. The maximum atomic E-state index is 6.83. The average molecular weight is 973 g/mol. The van der Waals surface area contributed by atoms with Crippen molar-refractivity contribution in [2.45, 2.75) is 0 Å². The van der Waals surface area contributed by atoms with Gasteiger partial charge in [-0.05, 0) is 129 Å². The highest BCUT2D eigenvalue weighted by atomic mass is 16.3. The summed E-state index contributed by atoms with van der Waals surface area (Å²) < 4.78 is 13.7. The molecule has 2 heterocycles. The Morgan fingerprint density at radius 3 is 0.737 bits per heavy atom. The summed E-state index contributed by atoms with van der Waals surface area (Å²) in [6.07, 6.45) is 0. The van der Waals surface area contributed by atoms with Gasteiger partial charge >= 0.3 is 0 Å². The lowest BCUT2D eigenvalue weighted by molar-refractivity contribution is 0.668. The molecular weight excluding hydrogens is 925 g/mol. The first-order valence-corrected chi connectivity index (χ1v) is 25.8. The molecule has 2 aromatic heterocycles. The molecule has 0 amide bonds. The van der Waals surface area contributed by atoms with Crippen molar-refractivity contribution in [2.75, 3.05) is 9.80 Å². The number of furan rings is 2. The smallest absolute Gasteiger partial charge is 0.137 e. The monoisotopic (exact) mass is 972 g/mol. The Morgan fingerprint density at radius 2 is 0.447 bits per heavy atom. The van der Waals surface area contributed by atoms with Crippen LogP contribution in [0.2, 0.25) is 0 Å². The van der Waals surface area contributed by atoms with E-state index in [1.165, 1.54) is 0 Å².